The molecule has 0 aromatic heterocycles. The van der Waals surface area contributed by atoms with Crippen molar-refractivity contribution in [2.75, 3.05) is 13.1 Å². The van der Waals surface area contributed by atoms with Crippen molar-refractivity contribution in [3.05, 3.63) is 65.7 Å². The molecule has 5 nitrogen and oxygen atoms in total. The Morgan fingerprint density at radius 1 is 1.03 bits per heavy atom. The third kappa shape index (κ3) is 5.74. The molecule has 31 heavy (non-hydrogen) atoms. The van der Waals surface area contributed by atoms with E-state index in [-0.39, 0.29) is 23.8 Å². The largest absolute Gasteiger partial charge is 0.349 e. The Morgan fingerprint density at radius 3 is 2.19 bits per heavy atom. The fourth-order valence-corrected chi connectivity index (χ4v) is 5.68. The first kappa shape index (κ1) is 23.5. The lowest BCUT2D eigenvalue weighted by Gasteiger charge is -2.32. The van der Waals surface area contributed by atoms with Gasteiger partial charge in [0.1, 0.15) is 0 Å². The number of nitrogens with one attached hydrogen (secondary N) is 1. The Hall–Kier alpha value is -2.18. The highest BCUT2D eigenvalue weighted by atomic mass is 32.2. The fraction of sp³-hybridized carbons (Fsp3) is 0.480. The standard InChI is InChI=1S/C25H34N2O3S/c1-4-8-20-11-13-21(14-12-20)24(19(2)3)26-25(28)22-15-17-27(18-16-22)31(29,30)23-9-6-5-7-10-23/h5-7,9-14,19,22,24H,4,8,15-18H2,1-3H3,(H,26,28). The number of hydrogen-bond acceptors (Lipinski definition) is 3. The number of piperidine rings is 1. The number of carbonyl (C=O) groups excluding carboxylic acids is 1. The molecule has 1 N–H and O–H groups in total. The molecule has 6 heteroatoms. The van der Waals surface area contributed by atoms with Gasteiger partial charge in [-0.25, -0.2) is 8.42 Å². The Kier molecular flexibility index (Phi) is 7.89. The molecule has 1 aliphatic rings. The minimum Gasteiger partial charge on any atom is -0.349 e. The van der Waals surface area contributed by atoms with Gasteiger partial charge in [-0.3, -0.25) is 4.79 Å². The van der Waals surface area contributed by atoms with Crippen LogP contribution < -0.4 is 5.32 Å². The Balaban J connectivity index is 1.61. The second-order valence-corrected chi connectivity index (χ2v) is 10.7. The number of carbonyl (C=O) groups is 1. The molecule has 0 radical (unpaired) electrons. The first-order valence-corrected chi connectivity index (χ1v) is 12.7. The van der Waals surface area contributed by atoms with Crippen molar-refractivity contribution < 1.29 is 13.2 Å². The third-order valence-electron chi connectivity index (χ3n) is 6.05. The van der Waals surface area contributed by atoms with Crippen molar-refractivity contribution in [3.8, 4) is 0 Å². The van der Waals surface area contributed by atoms with E-state index in [9.17, 15) is 13.2 Å². The van der Waals surface area contributed by atoms with E-state index < -0.39 is 10.0 Å². The van der Waals surface area contributed by atoms with E-state index in [2.05, 4.69) is 50.4 Å². The second kappa shape index (κ2) is 10.4. The van der Waals surface area contributed by atoms with E-state index in [0.717, 1.165) is 18.4 Å². The lowest BCUT2D eigenvalue weighted by Crippen LogP contribution is -2.44. The predicted octanol–water partition coefficient (Wildman–Crippen LogP) is 4.55. The van der Waals surface area contributed by atoms with Crippen LogP contribution in [0.1, 0.15) is 57.2 Å². The zero-order valence-corrected chi connectivity index (χ0v) is 19.6. The Labute approximate surface area is 186 Å². The number of rotatable bonds is 8. The molecule has 1 unspecified atom stereocenters. The van der Waals surface area contributed by atoms with Gasteiger partial charge < -0.3 is 5.32 Å². The van der Waals surface area contributed by atoms with Gasteiger partial charge in [0.15, 0.2) is 0 Å². The molecular weight excluding hydrogens is 408 g/mol. The Bertz CT molecular complexity index is 948. The molecule has 1 fully saturated rings. The highest BCUT2D eigenvalue weighted by Gasteiger charge is 2.33. The summed E-state index contributed by atoms with van der Waals surface area (Å²) >= 11 is 0. The zero-order valence-electron chi connectivity index (χ0n) is 18.8. The van der Waals surface area contributed by atoms with Crippen LogP contribution in [0.4, 0.5) is 0 Å². The molecule has 0 aliphatic carbocycles. The molecule has 168 valence electrons. The quantitative estimate of drug-likeness (QED) is 0.652. The summed E-state index contributed by atoms with van der Waals surface area (Å²) in [4.78, 5) is 13.3. The van der Waals surface area contributed by atoms with E-state index >= 15 is 0 Å². The van der Waals surface area contributed by atoms with Crippen LogP contribution in [0.5, 0.6) is 0 Å². The van der Waals surface area contributed by atoms with Gasteiger partial charge in [0, 0.05) is 19.0 Å². The highest BCUT2D eigenvalue weighted by molar-refractivity contribution is 7.89. The van der Waals surface area contributed by atoms with Crippen molar-refractivity contribution in [1.29, 1.82) is 0 Å². The van der Waals surface area contributed by atoms with Gasteiger partial charge in [-0.05, 0) is 48.4 Å². The van der Waals surface area contributed by atoms with E-state index in [4.69, 9.17) is 0 Å². The summed E-state index contributed by atoms with van der Waals surface area (Å²) < 4.78 is 27.1. The van der Waals surface area contributed by atoms with Crippen LogP contribution in [0.2, 0.25) is 0 Å². The second-order valence-electron chi connectivity index (χ2n) is 8.71. The highest BCUT2D eigenvalue weighted by Crippen LogP contribution is 2.27. The minimum absolute atomic E-state index is 0.0214. The molecular formula is C25H34N2O3S. The molecule has 2 aromatic rings. The molecule has 0 bridgehead atoms. The molecule has 2 aromatic carbocycles. The Morgan fingerprint density at radius 2 is 1.65 bits per heavy atom. The van der Waals surface area contributed by atoms with E-state index in [1.165, 1.54) is 9.87 Å². The van der Waals surface area contributed by atoms with Crippen LogP contribution in [-0.4, -0.2) is 31.7 Å². The van der Waals surface area contributed by atoms with Crippen molar-refractivity contribution in [2.45, 2.75) is 57.4 Å². The molecule has 1 amide bonds. The molecule has 3 rings (SSSR count). The topological polar surface area (TPSA) is 66.5 Å². The van der Waals surface area contributed by atoms with E-state index in [1.807, 2.05) is 0 Å². The van der Waals surface area contributed by atoms with Crippen LogP contribution in [0.3, 0.4) is 0 Å². The summed E-state index contributed by atoms with van der Waals surface area (Å²) in [6, 6.07) is 17.0. The lowest BCUT2D eigenvalue weighted by molar-refractivity contribution is -0.127. The predicted molar refractivity (Wildman–Crippen MR) is 124 cm³/mol. The number of amides is 1. The molecule has 0 spiro atoms. The van der Waals surface area contributed by atoms with Crippen molar-refractivity contribution in [3.63, 3.8) is 0 Å². The van der Waals surface area contributed by atoms with Gasteiger partial charge in [-0.2, -0.15) is 4.31 Å². The summed E-state index contributed by atoms with van der Waals surface area (Å²) in [5.41, 5.74) is 2.43. The van der Waals surface area contributed by atoms with Gasteiger partial charge >= 0.3 is 0 Å². The summed E-state index contributed by atoms with van der Waals surface area (Å²) in [5.74, 6) is 0.121. The fourth-order valence-electron chi connectivity index (χ4n) is 4.19. The SMILES string of the molecule is CCCc1ccc(C(NC(=O)C2CCN(S(=O)(=O)c3ccccc3)CC2)C(C)C)cc1. The number of benzene rings is 2. The molecule has 0 saturated carbocycles. The molecule has 1 saturated heterocycles. The normalized spacial score (nSPS) is 16.9. The van der Waals surface area contributed by atoms with E-state index in [0.29, 0.717) is 30.8 Å². The first-order chi connectivity index (χ1) is 14.8. The maximum atomic E-state index is 13.0. The van der Waals surface area contributed by atoms with Crippen LogP contribution in [0, 0.1) is 11.8 Å². The van der Waals surface area contributed by atoms with Crippen molar-refractivity contribution in [2.24, 2.45) is 11.8 Å². The van der Waals surface area contributed by atoms with Crippen LogP contribution in [0.25, 0.3) is 0 Å². The van der Waals surface area contributed by atoms with Crippen LogP contribution in [-0.2, 0) is 21.2 Å². The van der Waals surface area contributed by atoms with Gasteiger partial charge in [0.2, 0.25) is 15.9 Å². The van der Waals surface area contributed by atoms with Crippen molar-refractivity contribution in [1.82, 2.24) is 9.62 Å². The lowest BCUT2D eigenvalue weighted by atomic mass is 9.92. The first-order valence-electron chi connectivity index (χ1n) is 11.3. The summed E-state index contributed by atoms with van der Waals surface area (Å²) in [6.45, 7) is 7.13. The van der Waals surface area contributed by atoms with Gasteiger partial charge in [0.25, 0.3) is 0 Å². The summed E-state index contributed by atoms with van der Waals surface area (Å²) in [6.07, 6.45) is 3.25. The third-order valence-corrected chi connectivity index (χ3v) is 7.96. The van der Waals surface area contributed by atoms with Crippen LogP contribution in [0.15, 0.2) is 59.5 Å². The monoisotopic (exact) mass is 442 g/mol. The number of aryl methyl sites for hydroxylation is 1. The number of nitrogens with zero attached hydrogens (tertiary/aromatic N) is 1. The van der Waals surface area contributed by atoms with Gasteiger partial charge in [-0.1, -0.05) is 69.7 Å². The van der Waals surface area contributed by atoms with Crippen LogP contribution >= 0.6 is 0 Å². The molecule has 1 heterocycles. The number of sulfonamides is 1. The van der Waals surface area contributed by atoms with Gasteiger partial charge in [0.05, 0.1) is 10.9 Å². The average molecular weight is 443 g/mol. The number of hydrogen-bond donors (Lipinski definition) is 1. The molecule has 1 atom stereocenters. The zero-order chi connectivity index (χ0) is 22.4. The van der Waals surface area contributed by atoms with Crippen molar-refractivity contribution >= 4 is 15.9 Å². The smallest absolute Gasteiger partial charge is 0.243 e. The summed E-state index contributed by atoms with van der Waals surface area (Å²) in [7, 11) is -3.50. The molecule has 1 aliphatic heterocycles. The minimum atomic E-state index is -3.50. The van der Waals surface area contributed by atoms with E-state index in [1.54, 1.807) is 30.3 Å². The van der Waals surface area contributed by atoms with Gasteiger partial charge in [-0.15, -0.1) is 0 Å². The maximum absolute atomic E-state index is 13.0. The average Bonchev–Trinajstić information content (AvgIpc) is 2.78. The maximum Gasteiger partial charge on any atom is 0.243 e. The summed E-state index contributed by atoms with van der Waals surface area (Å²) in [5, 5.41) is 3.23.